The smallest absolute Gasteiger partial charge is 0.0734 e. The van der Waals surface area contributed by atoms with E-state index < -0.39 is 0 Å². The van der Waals surface area contributed by atoms with E-state index in [-0.39, 0.29) is 0 Å². The maximum absolute atomic E-state index is 4.50. The molecule has 0 saturated carbocycles. The second-order valence-electron chi connectivity index (χ2n) is 6.12. The second kappa shape index (κ2) is 5.58. The van der Waals surface area contributed by atoms with Crippen molar-refractivity contribution in [2.75, 3.05) is 31.1 Å². The number of rotatable bonds is 2. The van der Waals surface area contributed by atoms with Gasteiger partial charge in [-0.3, -0.25) is 9.88 Å². The van der Waals surface area contributed by atoms with Crippen LogP contribution in [-0.4, -0.2) is 42.1 Å². The van der Waals surface area contributed by atoms with Gasteiger partial charge in [-0.2, -0.15) is 0 Å². The van der Waals surface area contributed by atoms with Crippen molar-refractivity contribution in [1.82, 2.24) is 9.88 Å². The van der Waals surface area contributed by atoms with Crippen molar-refractivity contribution in [2.45, 2.75) is 25.3 Å². The Morgan fingerprint density at radius 1 is 1.10 bits per heavy atom. The van der Waals surface area contributed by atoms with Gasteiger partial charge in [-0.25, -0.2) is 0 Å². The normalized spacial score (nSPS) is 23.3. The number of anilines is 1. The molecular weight excluding hydrogens is 326 g/mol. The molecule has 0 spiro atoms. The highest BCUT2D eigenvalue weighted by atomic mass is 79.9. The lowest BCUT2D eigenvalue weighted by atomic mass is 10.2. The van der Waals surface area contributed by atoms with Crippen LogP contribution >= 0.6 is 15.9 Å². The van der Waals surface area contributed by atoms with Gasteiger partial charge in [-0.15, -0.1) is 0 Å². The molecule has 4 heteroatoms. The molecule has 1 aromatic heterocycles. The molecule has 2 aliphatic heterocycles. The number of likely N-dealkylation sites (tertiary alicyclic amines) is 1. The molecule has 110 valence electrons. The van der Waals surface area contributed by atoms with Gasteiger partial charge in [0.15, 0.2) is 0 Å². The van der Waals surface area contributed by atoms with Gasteiger partial charge in [0.05, 0.1) is 5.52 Å². The van der Waals surface area contributed by atoms with E-state index in [0.717, 1.165) is 29.1 Å². The molecule has 0 N–H and O–H groups in total. The van der Waals surface area contributed by atoms with Crippen molar-refractivity contribution in [3.05, 3.63) is 34.9 Å². The highest BCUT2D eigenvalue weighted by molar-refractivity contribution is 9.10. The number of hydrogen-bond donors (Lipinski definition) is 0. The van der Waals surface area contributed by atoms with Crippen LogP contribution in [0.5, 0.6) is 0 Å². The minimum Gasteiger partial charge on any atom is -0.369 e. The SMILES string of the molecule is Brc1ccc2c(N3CCC(N4CCCC4)C3)ccnc2c1. The van der Waals surface area contributed by atoms with Gasteiger partial charge < -0.3 is 4.90 Å². The molecule has 0 aliphatic carbocycles. The maximum atomic E-state index is 4.50. The van der Waals surface area contributed by atoms with Crippen LogP contribution in [0.2, 0.25) is 0 Å². The second-order valence-corrected chi connectivity index (χ2v) is 7.04. The van der Waals surface area contributed by atoms with Crippen molar-refractivity contribution in [3.63, 3.8) is 0 Å². The van der Waals surface area contributed by atoms with E-state index in [2.05, 4.69) is 55.0 Å². The number of pyridine rings is 1. The summed E-state index contributed by atoms with van der Waals surface area (Å²) in [5.74, 6) is 0. The third kappa shape index (κ3) is 2.55. The van der Waals surface area contributed by atoms with Crippen LogP contribution in [0.4, 0.5) is 5.69 Å². The Morgan fingerprint density at radius 3 is 2.81 bits per heavy atom. The first-order valence-corrected chi connectivity index (χ1v) is 8.64. The fourth-order valence-electron chi connectivity index (χ4n) is 3.75. The van der Waals surface area contributed by atoms with Gasteiger partial charge in [0.1, 0.15) is 0 Å². The van der Waals surface area contributed by atoms with E-state index in [0.29, 0.717) is 0 Å². The first kappa shape index (κ1) is 13.5. The molecule has 1 aromatic carbocycles. The molecule has 2 fully saturated rings. The number of benzene rings is 1. The number of nitrogens with zero attached hydrogens (tertiary/aromatic N) is 3. The zero-order valence-corrected chi connectivity index (χ0v) is 13.7. The largest absolute Gasteiger partial charge is 0.369 e. The van der Waals surface area contributed by atoms with Crippen LogP contribution in [0.15, 0.2) is 34.9 Å². The summed E-state index contributed by atoms with van der Waals surface area (Å²) in [7, 11) is 0. The lowest BCUT2D eigenvalue weighted by molar-refractivity contribution is 0.260. The minimum absolute atomic E-state index is 0.742. The van der Waals surface area contributed by atoms with E-state index in [9.17, 15) is 0 Å². The summed E-state index contributed by atoms with van der Waals surface area (Å²) >= 11 is 3.53. The van der Waals surface area contributed by atoms with Crippen molar-refractivity contribution < 1.29 is 0 Å². The highest BCUT2D eigenvalue weighted by Crippen LogP contribution is 2.31. The average molecular weight is 346 g/mol. The standard InChI is InChI=1S/C17H20BrN3/c18-13-3-4-15-16(11-13)19-7-5-17(15)21-10-6-14(12-21)20-8-1-2-9-20/h3-5,7,11,14H,1-2,6,8-10,12H2. The quantitative estimate of drug-likeness (QED) is 0.827. The Kier molecular flexibility index (Phi) is 3.59. The average Bonchev–Trinajstić information content (AvgIpc) is 3.17. The Hall–Kier alpha value is -1.13. The van der Waals surface area contributed by atoms with E-state index in [1.807, 2.05) is 6.20 Å². The Bertz CT molecular complexity index is 652. The van der Waals surface area contributed by atoms with Crippen LogP contribution in [0.3, 0.4) is 0 Å². The molecule has 2 aliphatic rings. The summed E-state index contributed by atoms with van der Waals surface area (Å²) in [6, 6.07) is 9.31. The molecular formula is C17H20BrN3. The maximum Gasteiger partial charge on any atom is 0.0734 e. The predicted octanol–water partition coefficient (Wildman–Crippen LogP) is 3.67. The third-order valence-electron chi connectivity index (χ3n) is 4.84. The van der Waals surface area contributed by atoms with Gasteiger partial charge in [0, 0.05) is 40.9 Å². The monoisotopic (exact) mass is 345 g/mol. The Balaban J connectivity index is 1.62. The van der Waals surface area contributed by atoms with Gasteiger partial charge in [-0.1, -0.05) is 15.9 Å². The van der Waals surface area contributed by atoms with Crippen LogP contribution in [0, 0.1) is 0 Å². The van der Waals surface area contributed by atoms with Crippen LogP contribution in [0.25, 0.3) is 10.9 Å². The molecule has 1 atom stereocenters. The fourth-order valence-corrected chi connectivity index (χ4v) is 4.10. The van der Waals surface area contributed by atoms with E-state index >= 15 is 0 Å². The molecule has 3 heterocycles. The number of aromatic nitrogens is 1. The lowest BCUT2D eigenvalue weighted by Gasteiger charge is -2.25. The summed E-state index contributed by atoms with van der Waals surface area (Å²) in [6.07, 6.45) is 5.99. The molecule has 3 nitrogen and oxygen atoms in total. The van der Waals surface area contributed by atoms with E-state index in [1.54, 1.807) is 0 Å². The summed E-state index contributed by atoms with van der Waals surface area (Å²) < 4.78 is 1.09. The summed E-state index contributed by atoms with van der Waals surface area (Å²) in [6.45, 7) is 4.91. The first-order chi connectivity index (χ1) is 10.3. The Labute approximate surface area is 134 Å². The molecule has 4 rings (SSSR count). The molecule has 0 bridgehead atoms. The van der Waals surface area contributed by atoms with Gasteiger partial charge in [0.25, 0.3) is 0 Å². The zero-order chi connectivity index (χ0) is 14.2. The van der Waals surface area contributed by atoms with Crippen molar-refractivity contribution in [2.24, 2.45) is 0 Å². The van der Waals surface area contributed by atoms with Crippen molar-refractivity contribution in [3.8, 4) is 0 Å². The van der Waals surface area contributed by atoms with Crippen molar-refractivity contribution >= 4 is 32.5 Å². The van der Waals surface area contributed by atoms with Gasteiger partial charge in [-0.05, 0) is 56.6 Å². The summed E-state index contributed by atoms with van der Waals surface area (Å²) in [5.41, 5.74) is 2.42. The molecule has 0 amide bonds. The van der Waals surface area contributed by atoms with Crippen LogP contribution in [0.1, 0.15) is 19.3 Å². The molecule has 21 heavy (non-hydrogen) atoms. The zero-order valence-electron chi connectivity index (χ0n) is 12.1. The minimum atomic E-state index is 0.742. The Morgan fingerprint density at radius 2 is 1.95 bits per heavy atom. The topological polar surface area (TPSA) is 19.4 Å². The van der Waals surface area contributed by atoms with E-state index in [4.69, 9.17) is 0 Å². The summed E-state index contributed by atoms with van der Waals surface area (Å²) in [5, 5.41) is 1.27. The van der Waals surface area contributed by atoms with Crippen LogP contribution in [-0.2, 0) is 0 Å². The number of halogens is 1. The van der Waals surface area contributed by atoms with Gasteiger partial charge in [0.2, 0.25) is 0 Å². The predicted molar refractivity (Wildman–Crippen MR) is 90.9 cm³/mol. The lowest BCUT2D eigenvalue weighted by Crippen LogP contribution is -2.35. The van der Waals surface area contributed by atoms with E-state index in [1.165, 1.54) is 43.4 Å². The highest BCUT2D eigenvalue weighted by Gasteiger charge is 2.29. The molecule has 2 saturated heterocycles. The first-order valence-electron chi connectivity index (χ1n) is 7.84. The number of fused-ring (bicyclic) bond motifs is 1. The number of hydrogen-bond acceptors (Lipinski definition) is 3. The van der Waals surface area contributed by atoms with Crippen LogP contribution < -0.4 is 4.90 Å². The summed E-state index contributed by atoms with van der Waals surface area (Å²) in [4.78, 5) is 9.73. The van der Waals surface area contributed by atoms with Crippen molar-refractivity contribution in [1.29, 1.82) is 0 Å². The molecule has 0 radical (unpaired) electrons. The molecule has 1 unspecified atom stereocenters. The van der Waals surface area contributed by atoms with Gasteiger partial charge >= 0.3 is 0 Å². The third-order valence-corrected chi connectivity index (χ3v) is 5.34. The fraction of sp³-hybridized carbons (Fsp3) is 0.471. The molecule has 2 aromatic rings.